The Balaban J connectivity index is 1.41. The van der Waals surface area contributed by atoms with Crippen LogP contribution in [0.5, 0.6) is 0 Å². The first-order chi connectivity index (χ1) is 14.8. The van der Waals surface area contributed by atoms with Gasteiger partial charge in [-0.15, -0.1) is 0 Å². The monoisotopic (exact) mass is 435 g/mol. The van der Waals surface area contributed by atoms with Gasteiger partial charge in [0.2, 0.25) is 0 Å². The van der Waals surface area contributed by atoms with E-state index in [1.807, 2.05) is 47.4 Å². The van der Waals surface area contributed by atoms with Gasteiger partial charge in [-0.2, -0.15) is 0 Å². The Morgan fingerprint density at radius 3 is 2.13 bits per heavy atom. The highest BCUT2D eigenvalue weighted by Gasteiger charge is 2.43. The Labute approximate surface area is 186 Å². The summed E-state index contributed by atoms with van der Waals surface area (Å²) in [5.41, 5.74) is 1.80. The fraction of sp³-hybridized carbons (Fsp3) is 0.462. The number of amides is 1. The molecular formula is C26H33NO3Si. The second kappa shape index (κ2) is 8.99. The van der Waals surface area contributed by atoms with Crippen LogP contribution < -0.4 is 5.19 Å². The van der Waals surface area contributed by atoms with E-state index in [-0.39, 0.29) is 29.9 Å². The topological polar surface area (TPSA) is 46.6 Å². The van der Waals surface area contributed by atoms with Crippen LogP contribution >= 0.6 is 0 Å². The maximum atomic E-state index is 13.3. The molecule has 31 heavy (non-hydrogen) atoms. The first-order valence-electron chi connectivity index (χ1n) is 11.5. The summed E-state index contributed by atoms with van der Waals surface area (Å²) in [4.78, 5) is 28.1. The molecule has 0 N–H and O–H groups in total. The van der Waals surface area contributed by atoms with Gasteiger partial charge in [0.25, 0.3) is 0 Å². The Hall–Kier alpha value is -2.40. The lowest BCUT2D eigenvalue weighted by atomic mass is 9.76. The first kappa shape index (κ1) is 21.8. The quantitative estimate of drug-likeness (QED) is 0.468. The molecule has 0 aromatic heterocycles. The molecule has 0 aliphatic carbocycles. The molecule has 0 spiro atoms. The van der Waals surface area contributed by atoms with Crippen molar-refractivity contribution in [3.05, 3.63) is 65.7 Å². The van der Waals surface area contributed by atoms with Crippen LogP contribution in [0.25, 0.3) is 0 Å². The van der Waals surface area contributed by atoms with Crippen molar-refractivity contribution in [3.8, 4) is 0 Å². The molecule has 2 saturated heterocycles. The van der Waals surface area contributed by atoms with Gasteiger partial charge in [-0.3, -0.25) is 4.79 Å². The minimum atomic E-state index is -1.37. The molecule has 2 aliphatic rings. The zero-order valence-electron chi connectivity index (χ0n) is 18.8. The van der Waals surface area contributed by atoms with Gasteiger partial charge < -0.3 is 9.64 Å². The molecule has 0 saturated carbocycles. The molecule has 4 rings (SSSR count). The average molecular weight is 436 g/mol. The predicted octanol–water partition coefficient (Wildman–Crippen LogP) is 5.38. The standard InChI is InChI=1S/C26H33NO3Si/c1-31(2,3)24-14-12-20(13-15-24)25(28)21-16-22-10-7-11-23(17-21)27(22)26(29)30-18-19-8-5-4-6-9-19/h4-6,8-9,12-15,21-23H,7,10-11,16-18H2,1-3H3. The van der Waals surface area contributed by atoms with Crippen LogP contribution in [0.2, 0.25) is 19.6 Å². The molecule has 2 fully saturated rings. The number of Topliss-reactive ketones (excluding diaryl/α,β-unsaturated/α-hetero) is 1. The van der Waals surface area contributed by atoms with Gasteiger partial charge in [-0.25, -0.2) is 4.79 Å². The number of carbonyl (C=O) groups is 2. The molecule has 1 amide bonds. The predicted molar refractivity (Wildman–Crippen MR) is 126 cm³/mol. The molecule has 0 radical (unpaired) electrons. The van der Waals surface area contributed by atoms with Crippen LogP contribution in [-0.2, 0) is 11.3 Å². The van der Waals surface area contributed by atoms with Crippen molar-refractivity contribution in [1.82, 2.24) is 4.90 Å². The number of rotatable bonds is 5. The van der Waals surface area contributed by atoms with Crippen LogP contribution in [0, 0.1) is 5.92 Å². The Morgan fingerprint density at radius 1 is 0.935 bits per heavy atom. The Bertz CT molecular complexity index is 906. The van der Waals surface area contributed by atoms with E-state index in [9.17, 15) is 9.59 Å². The summed E-state index contributed by atoms with van der Waals surface area (Å²) in [5.74, 6) is 0.225. The van der Waals surface area contributed by atoms with E-state index in [0.29, 0.717) is 6.61 Å². The molecule has 2 aromatic carbocycles. The van der Waals surface area contributed by atoms with Gasteiger partial charge in [-0.1, -0.05) is 79.4 Å². The molecule has 2 aromatic rings. The maximum Gasteiger partial charge on any atom is 0.410 e. The number of ether oxygens (including phenoxy) is 1. The number of carbonyl (C=O) groups excluding carboxylic acids is 2. The summed E-state index contributed by atoms with van der Waals surface area (Å²) < 4.78 is 5.64. The molecule has 2 unspecified atom stereocenters. The van der Waals surface area contributed by atoms with Crippen molar-refractivity contribution >= 4 is 25.1 Å². The van der Waals surface area contributed by atoms with Crippen molar-refractivity contribution < 1.29 is 14.3 Å². The van der Waals surface area contributed by atoms with E-state index in [4.69, 9.17) is 4.74 Å². The number of ketones is 1. The van der Waals surface area contributed by atoms with Crippen LogP contribution in [0.15, 0.2) is 54.6 Å². The number of benzene rings is 2. The normalized spacial score (nSPS) is 23.3. The number of hydrogen-bond acceptors (Lipinski definition) is 3. The van der Waals surface area contributed by atoms with Gasteiger partial charge in [0.1, 0.15) is 6.61 Å². The summed E-state index contributed by atoms with van der Waals surface area (Å²) in [6, 6.07) is 18.3. The van der Waals surface area contributed by atoms with E-state index in [0.717, 1.165) is 43.2 Å². The Kier molecular flexibility index (Phi) is 6.33. The largest absolute Gasteiger partial charge is 0.445 e. The SMILES string of the molecule is C[Si](C)(C)c1ccc(C(=O)C2CC3CCCC(C2)N3C(=O)OCc2ccccc2)cc1. The van der Waals surface area contributed by atoms with Crippen molar-refractivity contribution in [2.75, 3.05) is 0 Å². The highest BCUT2D eigenvalue weighted by molar-refractivity contribution is 6.88. The summed E-state index contributed by atoms with van der Waals surface area (Å²) in [6.07, 6.45) is 4.27. The van der Waals surface area contributed by atoms with Crippen molar-refractivity contribution in [1.29, 1.82) is 0 Å². The lowest BCUT2D eigenvalue weighted by molar-refractivity contribution is 0.00473. The second-order valence-corrected chi connectivity index (χ2v) is 15.1. The molecule has 2 heterocycles. The molecule has 4 nitrogen and oxygen atoms in total. The van der Waals surface area contributed by atoms with Gasteiger partial charge >= 0.3 is 6.09 Å². The number of fused-ring (bicyclic) bond motifs is 2. The van der Waals surface area contributed by atoms with Gasteiger partial charge in [0, 0.05) is 23.6 Å². The van der Waals surface area contributed by atoms with Crippen LogP contribution in [0.1, 0.15) is 48.0 Å². The zero-order chi connectivity index (χ0) is 22.0. The number of piperidine rings is 2. The third-order valence-corrected chi connectivity index (χ3v) is 8.86. The summed E-state index contributed by atoms with van der Waals surface area (Å²) in [6.45, 7) is 7.24. The number of hydrogen-bond donors (Lipinski definition) is 0. The molecule has 2 bridgehead atoms. The van der Waals surface area contributed by atoms with E-state index in [1.54, 1.807) is 0 Å². The fourth-order valence-electron chi connectivity index (χ4n) is 5.06. The molecule has 2 aliphatic heterocycles. The molecular weight excluding hydrogens is 402 g/mol. The van der Waals surface area contributed by atoms with Gasteiger partial charge in [0.05, 0.1) is 8.07 Å². The van der Waals surface area contributed by atoms with Crippen molar-refractivity contribution in [2.45, 2.75) is 70.4 Å². The van der Waals surface area contributed by atoms with Gasteiger partial charge in [0.15, 0.2) is 5.78 Å². The lowest BCUT2D eigenvalue weighted by Crippen LogP contribution is -2.55. The molecule has 164 valence electrons. The minimum Gasteiger partial charge on any atom is -0.445 e. The smallest absolute Gasteiger partial charge is 0.410 e. The van der Waals surface area contributed by atoms with Crippen LogP contribution in [-0.4, -0.2) is 36.9 Å². The van der Waals surface area contributed by atoms with E-state index in [1.165, 1.54) is 5.19 Å². The number of nitrogens with zero attached hydrogens (tertiary/aromatic N) is 1. The third kappa shape index (κ3) is 4.92. The second-order valence-electron chi connectivity index (χ2n) is 10.0. The first-order valence-corrected chi connectivity index (χ1v) is 15.0. The third-order valence-electron chi connectivity index (χ3n) is 6.80. The average Bonchev–Trinajstić information content (AvgIpc) is 2.76. The summed E-state index contributed by atoms with van der Waals surface area (Å²) in [7, 11) is -1.37. The Morgan fingerprint density at radius 2 is 1.55 bits per heavy atom. The van der Waals surface area contributed by atoms with E-state index < -0.39 is 8.07 Å². The van der Waals surface area contributed by atoms with E-state index in [2.05, 4.69) is 31.8 Å². The van der Waals surface area contributed by atoms with Crippen molar-refractivity contribution in [3.63, 3.8) is 0 Å². The maximum absolute atomic E-state index is 13.3. The van der Waals surface area contributed by atoms with Crippen LogP contribution in [0.3, 0.4) is 0 Å². The lowest BCUT2D eigenvalue weighted by Gasteiger charge is -2.47. The van der Waals surface area contributed by atoms with E-state index >= 15 is 0 Å². The summed E-state index contributed by atoms with van der Waals surface area (Å²) >= 11 is 0. The van der Waals surface area contributed by atoms with Gasteiger partial charge in [-0.05, 0) is 37.7 Å². The zero-order valence-corrected chi connectivity index (χ0v) is 19.8. The summed E-state index contributed by atoms with van der Waals surface area (Å²) in [5, 5.41) is 1.37. The minimum absolute atomic E-state index is 0.00814. The van der Waals surface area contributed by atoms with Crippen molar-refractivity contribution in [2.24, 2.45) is 5.92 Å². The van der Waals surface area contributed by atoms with Crippen LogP contribution in [0.4, 0.5) is 4.79 Å². The fourth-order valence-corrected chi connectivity index (χ4v) is 6.22. The molecule has 5 heteroatoms. The highest BCUT2D eigenvalue weighted by Crippen LogP contribution is 2.38. The molecule has 2 atom stereocenters. The highest BCUT2D eigenvalue weighted by atomic mass is 28.3.